The molecule has 0 aliphatic heterocycles. The molecule has 16 heavy (non-hydrogen) atoms. The van der Waals surface area contributed by atoms with Gasteiger partial charge in [0.25, 0.3) is 5.69 Å². The summed E-state index contributed by atoms with van der Waals surface area (Å²) in [6.07, 6.45) is 1.61. The summed E-state index contributed by atoms with van der Waals surface area (Å²) in [6, 6.07) is 5.73. The molecule has 1 aromatic carbocycles. The van der Waals surface area contributed by atoms with Crippen LogP contribution in [0.25, 0.3) is 6.08 Å². The van der Waals surface area contributed by atoms with E-state index >= 15 is 0 Å². The van der Waals surface area contributed by atoms with E-state index in [0.717, 1.165) is 0 Å². The molecule has 0 aliphatic carbocycles. The third-order valence-electron chi connectivity index (χ3n) is 2.01. The van der Waals surface area contributed by atoms with E-state index < -0.39 is 9.85 Å². The van der Waals surface area contributed by atoms with E-state index in [4.69, 9.17) is 0 Å². The highest BCUT2D eigenvalue weighted by Crippen LogP contribution is 2.16. The molecule has 0 amide bonds. The molecule has 0 saturated heterocycles. The summed E-state index contributed by atoms with van der Waals surface area (Å²) in [5.41, 5.74) is 0.413. The fourth-order valence-electron chi connectivity index (χ4n) is 1.20. The Morgan fingerprint density at radius 2 is 2.06 bits per heavy atom. The summed E-state index contributed by atoms with van der Waals surface area (Å²) >= 11 is 0. The van der Waals surface area contributed by atoms with Crippen LogP contribution in [0.1, 0.15) is 18.9 Å². The summed E-state index contributed by atoms with van der Waals surface area (Å²) in [5, 5.41) is 21.1. The standard InChI is InChI=1S/C10H10N2O4/c1-2-9(11(13)14)6-8-4-3-5-10(7-8)12(15)16/h3-7H,2H2,1H3/b9-6-. The molecule has 0 unspecified atom stereocenters. The first-order valence-corrected chi connectivity index (χ1v) is 4.64. The number of hydrogen-bond acceptors (Lipinski definition) is 4. The normalized spacial score (nSPS) is 11.2. The summed E-state index contributed by atoms with van der Waals surface area (Å²) in [6.45, 7) is 1.66. The number of nitrogens with zero attached hydrogens (tertiary/aromatic N) is 2. The van der Waals surface area contributed by atoms with E-state index in [1.54, 1.807) is 13.0 Å². The van der Waals surface area contributed by atoms with E-state index in [9.17, 15) is 20.2 Å². The molecule has 0 aromatic heterocycles. The molecule has 6 heteroatoms. The van der Waals surface area contributed by atoms with Crippen LogP contribution in [-0.4, -0.2) is 9.85 Å². The van der Waals surface area contributed by atoms with Gasteiger partial charge in [-0.3, -0.25) is 20.2 Å². The maximum atomic E-state index is 10.6. The van der Waals surface area contributed by atoms with Crippen molar-refractivity contribution in [3.63, 3.8) is 0 Å². The third-order valence-corrected chi connectivity index (χ3v) is 2.01. The Kier molecular flexibility index (Phi) is 3.71. The Labute approximate surface area is 91.5 Å². The van der Waals surface area contributed by atoms with Crippen molar-refractivity contribution in [2.75, 3.05) is 0 Å². The Hall–Kier alpha value is -2.24. The molecule has 0 fully saturated rings. The largest absolute Gasteiger partial charge is 0.270 e. The van der Waals surface area contributed by atoms with Gasteiger partial charge in [-0.25, -0.2) is 0 Å². The highest BCUT2D eigenvalue weighted by Gasteiger charge is 2.09. The Morgan fingerprint density at radius 3 is 2.56 bits per heavy atom. The zero-order valence-corrected chi connectivity index (χ0v) is 8.62. The van der Waals surface area contributed by atoms with Gasteiger partial charge in [0.1, 0.15) is 0 Å². The summed E-state index contributed by atoms with van der Waals surface area (Å²) in [4.78, 5) is 20.0. The molecule has 0 heterocycles. The topological polar surface area (TPSA) is 86.3 Å². The second kappa shape index (κ2) is 5.01. The number of nitro groups is 2. The lowest BCUT2D eigenvalue weighted by atomic mass is 10.1. The second-order valence-corrected chi connectivity index (χ2v) is 3.10. The van der Waals surface area contributed by atoms with Crippen molar-refractivity contribution in [3.8, 4) is 0 Å². The van der Waals surface area contributed by atoms with Gasteiger partial charge in [0.2, 0.25) is 5.70 Å². The van der Waals surface area contributed by atoms with Crippen LogP contribution in [0.5, 0.6) is 0 Å². The minimum atomic E-state index is -0.533. The van der Waals surface area contributed by atoms with E-state index in [0.29, 0.717) is 5.56 Å². The van der Waals surface area contributed by atoms with Gasteiger partial charge in [-0.2, -0.15) is 0 Å². The van der Waals surface area contributed by atoms with Crippen LogP contribution in [0.2, 0.25) is 0 Å². The minimum Gasteiger partial charge on any atom is -0.259 e. The molecule has 0 N–H and O–H groups in total. The fraction of sp³-hybridized carbons (Fsp3) is 0.200. The third kappa shape index (κ3) is 2.88. The Bertz CT molecular complexity index is 454. The van der Waals surface area contributed by atoms with Crippen LogP contribution >= 0.6 is 0 Å². The molecule has 1 rings (SSSR count). The number of hydrogen-bond donors (Lipinski definition) is 0. The quantitative estimate of drug-likeness (QED) is 0.578. The lowest BCUT2D eigenvalue weighted by Crippen LogP contribution is -1.96. The van der Waals surface area contributed by atoms with Crippen molar-refractivity contribution in [1.29, 1.82) is 0 Å². The van der Waals surface area contributed by atoms with Gasteiger partial charge >= 0.3 is 0 Å². The number of allylic oxidation sites excluding steroid dienone is 1. The van der Waals surface area contributed by atoms with Crippen molar-refractivity contribution >= 4 is 11.8 Å². The molecule has 0 bridgehead atoms. The predicted molar refractivity (Wildman–Crippen MR) is 58.4 cm³/mol. The first-order valence-electron chi connectivity index (χ1n) is 4.64. The molecule has 0 atom stereocenters. The lowest BCUT2D eigenvalue weighted by molar-refractivity contribution is -0.425. The summed E-state index contributed by atoms with van der Waals surface area (Å²) in [7, 11) is 0. The molecular weight excluding hydrogens is 212 g/mol. The van der Waals surface area contributed by atoms with Gasteiger partial charge in [-0.15, -0.1) is 0 Å². The van der Waals surface area contributed by atoms with E-state index in [1.807, 2.05) is 0 Å². The van der Waals surface area contributed by atoms with Gasteiger partial charge in [-0.1, -0.05) is 19.1 Å². The van der Waals surface area contributed by atoms with Crippen LogP contribution in [0.4, 0.5) is 5.69 Å². The zero-order valence-electron chi connectivity index (χ0n) is 8.62. The number of rotatable bonds is 4. The average molecular weight is 222 g/mol. The maximum absolute atomic E-state index is 10.6. The lowest BCUT2D eigenvalue weighted by Gasteiger charge is -1.96. The van der Waals surface area contributed by atoms with Gasteiger partial charge < -0.3 is 0 Å². The average Bonchev–Trinajstić information content (AvgIpc) is 2.25. The summed E-state index contributed by atoms with van der Waals surface area (Å²) in [5.74, 6) is 0. The highest BCUT2D eigenvalue weighted by molar-refractivity contribution is 5.54. The van der Waals surface area contributed by atoms with Gasteiger partial charge in [0.15, 0.2) is 0 Å². The van der Waals surface area contributed by atoms with Gasteiger partial charge in [0.05, 0.1) is 9.85 Å². The van der Waals surface area contributed by atoms with E-state index in [-0.39, 0.29) is 17.8 Å². The first-order chi connectivity index (χ1) is 7.54. The van der Waals surface area contributed by atoms with E-state index in [1.165, 1.54) is 24.3 Å². The number of nitro benzene ring substituents is 1. The predicted octanol–water partition coefficient (Wildman–Crippen LogP) is 2.62. The van der Waals surface area contributed by atoms with Crippen molar-refractivity contribution < 1.29 is 9.85 Å². The van der Waals surface area contributed by atoms with Crippen molar-refractivity contribution in [3.05, 3.63) is 55.8 Å². The fourth-order valence-corrected chi connectivity index (χ4v) is 1.20. The van der Waals surface area contributed by atoms with Gasteiger partial charge in [0, 0.05) is 24.6 Å². The van der Waals surface area contributed by atoms with Crippen molar-refractivity contribution in [2.45, 2.75) is 13.3 Å². The SMILES string of the molecule is CC/C(=C/c1cccc([N+](=O)[O-])c1)[N+](=O)[O-]. The number of benzene rings is 1. The molecule has 0 saturated carbocycles. The van der Waals surface area contributed by atoms with Crippen LogP contribution in [0.15, 0.2) is 30.0 Å². The molecule has 1 aromatic rings. The first kappa shape index (κ1) is 11.8. The molecular formula is C10H10N2O4. The molecule has 0 spiro atoms. The highest BCUT2D eigenvalue weighted by atomic mass is 16.6. The van der Waals surface area contributed by atoms with Gasteiger partial charge in [-0.05, 0) is 5.56 Å². The van der Waals surface area contributed by atoms with Crippen LogP contribution < -0.4 is 0 Å². The molecule has 84 valence electrons. The summed E-state index contributed by atoms with van der Waals surface area (Å²) < 4.78 is 0. The molecule has 0 aliphatic rings. The van der Waals surface area contributed by atoms with Crippen LogP contribution in [0.3, 0.4) is 0 Å². The van der Waals surface area contributed by atoms with Crippen molar-refractivity contribution in [2.24, 2.45) is 0 Å². The smallest absolute Gasteiger partial charge is 0.259 e. The minimum absolute atomic E-state index is 0.0282. The Morgan fingerprint density at radius 1 is 1.38 bits per heavy atom. The van der Waals surface area contributed by atoms with Crippen LogP contribution in [-0.2, 0) is 0 Å². The maximum Gasteiger partial charge on any atom is 0.270 e. The monoisotopic (exact) mass is 222 g/mol. The zero-order chi connectivity index (χ0) is 12.1. The van der Waals surface area contributed by atoms with Crippen LogP contribution in [0, 0.1) is 20.2 Å². The van der Waals surface area contributed by atoms with Crippen molar-refractivity contribution in [1.82, 2.24) is 0 Å². The molecule has 6 nitrogen and oxygen atoms in total. The number of non-ortho nitro benzene ring substituents is 1. The Balaban J connectivity index is 3.09. The van der Waals surface area contributed by atoms with E-state index in [2.05, 4.69) is 0 Å². The second-order valence-electron chi connectivity index (χ2n) is 3.10. The molecule has 0 radical (unpaired) electrons.